The number of rotatable bonds is 3. The van der Waals surface area contributed by atoms with Crippen molar-refractivity contribution in [3.05, 3.63) is 35.9 Å². The molecule has 1 rings (SSSR count). The van der Waals surface area contributed by atoms with E-state index in [9.17, 15) is 8.42 Å². The van der Waals surface area contributed by atoms with Crippen molar-refractivity contribution in [2.45, 2.75) is 6.04 Å². The number of nitrogens with two attached hydrogens (primary N) is 2. The zero-order valence-electron chi connectivity index (χ0n) is 7.05. The van der Waals surface area contributed by atoms with Crippen molar-refractivity contribution in [2.75, 3.05) is 5.75 Å². The third-order valence-corrected chi connectivity index (χ3v) is 2.46. The fourth-order valence-electron chi connectivity index (χ4n) is 1.05. The van der Waals surface area contributed by atoms with Crippen LogP contribution in [0.15, 0.2) is 30.3 Å². The lowest BCUT2D eigenvalue weighted by atomic mass is 10.1. The molecule has 0 heterocycles. The van der Waals surface area contributed by atoms with Gasteiger partial charge < -0.3 is 5.73 Å². The third-order valence-electron chi connectivity index (χ3n) is 1.64. The van der Waals surface area contributed by atoms with E-state index in [1.165, 1.54) is 0 Å². The maximum atomic E-state index is 10.7. The van der Waals surface area contributed by atoms with E-state index >= 15 is 0 Å². The summed E-state index contributed by atoms with van der Waals surface area (Å²) in [4.78, 5) is 0. The van der Waals surface area contributed by atoms with Crippen LogP contribution < -0.4 is 10.9 Å². The summed E-state index contributed by atoms with van der Waals surface area (Å²) in [7, 11) is -3.50. The van der Waals surface area contributed by atoms with E-state index in [-0.39, 0.29) is 5.75 Å². The zero-order chi connectivity index (χ0) is 9.90. The number of hydrogen-bond donors (Lipinski definition) is 2. The molecule has 1 aromatic rings. The van der Waals surface area contributed by atoms with Crippen LogP contribution in [0.5, 0.6) is 0 Å². The van der Waals surface area contributed by atoms with Crippen molar-refractivity contribution in [1.82, 2.24) is 0 Å². The normalized spacial score (nSPS) is 14.0. The van der Waals surface area contributed by atoms with Gasteiger partial charge in [0.2, 0.25) is 10.0 Å². The summed E-state index contributed by atoms with van der Waals surface area (Å²) in [5.74, 6) is -0.225. The first kappa shape index (κ1) is 10.2. The molecule has 0 aliphatic carbocycles. The topological polar surface area (TPSA) is 86.2 Å². The number of hydrogen-bond acceptors (Lipinski definition) is 3. The Bertz CT molecular complexity index is 361. The SMILES string of the molecule is NC(CS(N)(=O)=O)c1ccccc1. The van der Waals surface area contributed by atoms with Gasteiger partial charge in [0.1, 0.15) is 0 Å². The highest BCUT2D eigenvalue weighted by atomic mass is 32.2. The molecule has 0 bridgehead atoms. The van der Waals surface area contributed by atoms with Crippen LogP contribution >= 0.6 is 0 Å². The molecule has 4 N–H and O–H groups in total. The second kappa shape index (κ2) is 3.87. The van der Waals surface area contributed by atoms with Gasteiger partial charge in [0.05, 0.1) is 5.75 Å². The summed E-state index contributed by atoms with van der Waals surface area (Å²) in [5, 5.41) is 4.87. The van der Waals surface area contributed by atoms with Crippen LogP contribution in [0.4, 0.5) is 0 Å². The monoisotopic (exact) mass is 200 g/mol. The fourth-order valence-corrected chi connectivity index (χ4v) is 1.74. The van der Waals surface area contributed by atoms with Crippen LogP contribution in [0.2, 0.25) is 0 Å². The summed E-state index contributed by atoms with van der Waals surface area (Å²) in [6, 6.07) is 8.45. The van der Waals surface area contributed by atoms with Gasteiger partial charge in [0.25, 0.3) is 0 Å². The molecule has 4 nitrogen and oxygen atoms in total. The van der Waals surface area contributed by atoms with Gasteiger partial charge in [-0.1, -0.05) is 30.3 Å². The van der Waals surface area contributed by atoms with Crippen LogP contribution in [-0.4, -0.2) is 14.2 Å². The van der Waals surface area contributed by atoms with Crippen LogP contribution in [0.25, 0.3) is 0 Å². The molecule has 72 valence electrons. The van der Waals surface area contributed by atoms with Crippen molar-refractivity contribution < 1.29 is 8.42 Å². The molecule has 0 fully saturated rings. The van der Waals surface area contributed by atoms with Crippen LogP contribution in [0.3, 0.4) is 0 Å². The molecule has 13 heavy (non-hydrogen) atoms. The second-order valence-corrected chi connectivity index (χ2v) is 4.51. The Morgan fingerprint density at radius 2 is 1.77 bits per heavy atom. The summed E-state index contributed by atoms with van der Waals surface area (Å²) in [5.41, 5.74) is 6.40. The van der Waals surface area contributed by atoms with Crippen molar-refractivity contribution >= 4 is 10.0 Å². The average molecular weight is 200 g/mol. The predicted octanol–water partition coefficient (Wildman–Crippen LogP) is -0.0251. The average Bonchev–Trinajstić information content (AvgIpc) is 2.03. The minimum Gasteiger partial charge on any atom is -0.323 e. The van der Waals surface area contributed by atoms with E-state index < -0.39 is 16.1 Å². The van der Waals surface area contributed by atoms with Crippen molar-refractivity contribution in [3.63, 3.8) is 0 Å². The smallest absolute Gasteiger partial charge is 0.210 e. The lowest BCUT2D eigenvalue weighted by Crippen LogP contribution is -2.26. The maximum absolute atomic E-state index is 10.7. The first-order chi connectivity index (χ1) is 5.99. The Morgan fingerprint density at radius 3 is 2.23 bits per heavy atom. The molecule has 0 spiro atoms. The van der Waals surface area contributed by atoms with Gasteiger partial charge in [-0.15, -0.1) is 0 Å². The summed E-state index contributed by atoms with van der Waals surface area (Å²) < 4.78 is 21.4. The molecule has 0 aromatic heterocycles. The van der Waals surface area contributed by atoms with E-state index in [1.54, 1.807) is 24.3 Å². The molecule has 5 heteroatoms. The van der Waals surface area contributed by atoms with Crippen LogP contribution in [-0.2, 0) is 10.0 Å². The van der Waals surface area contributed by atoms with E-state index in [0.29, 0.717) is 0 Å². The van der Waals surface area contributed by atoms with Gasteiger partial charge >= 0.3 is 0 Å². The summed E-state index contributed by atoms with van der Waals surface area (Å²) in [6.45, 7) is 0. The Morgan fingerprint density at radius 1 is 1.23 bits per heavy atom. The minimum atomic E-state index is -3.50. The van der Waals surface area contributed by atoms with Gasteiger partial charge in [-0.25, -0.2) is 13.6 Å². The van der Waals surface area contributed by atoms with Crippen LogP contribution in [0, 0.1) is 0 Å². The Balaban J connectivity index is 2.76. The molecule has 1 atom stereocenters. The van der Waals surface area contributed by atoms with E-state index in [0.717, 1.165) is 5.56 Å². The van der Waals surface area contributed by atoms with E-state index in [1.807, 2.05) is 6.07 Å². The lowest BCUT2D eigenvalue weighted by molar-refractivity contribution is 0.590. The molecule has 0 saturated heterocycles. The predicted molar refractivity (Wildman–Crippen MR) is 51.3 cm³/mol. The summed E-state index contributed by atoms with van der Waals surface area (Å²) >= 11 is 0. The molecule has 1 aromatic carbocycles. The first-order valence-electron chi connectivity index (χ1n) is 3.80. The Kier molecular flexibility index (Phi) is 3.02. The Labute approximate surface area is 77.6 Å². The first-order valence-corrected chi connectivity index (χ1v) is 5.51. The van der Waals surface area contributed by atoms with E-state index in [2.05, 4.69) is 0 Å². The third kappa shape index (κ3) is 3.54. The molecule has 0 radical (unpaired) electrons. The van der Waals surface area contributed by atoms with Crippen molar-refractivity contribution in [2.24, 2.45) is 10.9 Å². The second-order valence-electron chi connectivity index (χ2n) is 2.85. The molecular weight excluding hydrogens is 188 g/mol. The standard InChI is InChI=1S/C8H12N2O2S/c9-8(6-13(10,11)12)7-4-2-1-3-5-7/h1-5,8H,6,9H2,(H2,10,11,12). The van der Waals surface area contributed by atoms with Gasteiger partial charge in [-0.2, -0.15) is 0 Å². The Hall–Kier alpha value is -0.910. The summed E-state index contributed by atoms with van der Waals surface area (Å²) in [6.07, 6.45) is 0. The quantitative estimate of drug-likeness (QED) is 0.718. The zero-order valence-corrected chi connectivity index (χ0v) is 7.87. The minimum absolute atomic E-state index is 0.225. The largest absolute Gasteiger partial charge is 0.323 e. The highest BCUT2D eigenvalue weighted by Gasteiger charge is 2.12. The molecule has 1 unspecified atom stereocenters. The lowest BCUT2D eigenvalue weighted by Gasteiger charge is -2.09. The highest BCUT2D eigenvalue weighted by molar-refractivity contribution is 7.89. The van der Waals surface area contributed by atoms with Gasteiger partial charge in [0.15, 0.2) is 0 Å². The molecule has 0 aliphatic rings. The van der Waals surface area contributed by atoms with Gasteiger partial charge in [0, 0.05) is 6.04 Å². The number of benzene rings is 1. The van der Waals surface area contributed by atoms with E-state index in [4.69, 9.17) is 10.9 Å². The van der Waals surface area contributed by atoms with Gasteiger partial charge in [-0.05, 0) is 5.56 Å². The number of primary sulfonamides is 1. The van der Waals surface area contributed by atoms with Crippen molar-refractivity contribution in [3.8, 4) is 0 Å². The fraction of sp³-hybridized carbons (Fsp3) is 0.250. The molecule has 0 amide bonds. The molecule has 0 saturated carbocycles. The van der Waals surface area contributed by atoms with Gasteiger partial charge in [-0.3, -0.25) is 0 Å². The van der Waals surface area contributed by atoms with Crippen LogP contribution in [0.1, 0.15) is 11.6 Å². The molecule has 0 aliphatic heterocycles. The number of sulfonamides is 1. The highest BCUT2D eigenvalue weighted by Crippen LogP contribution is 2.10. The van der Waals surface area contributed by atoms with Crippen molar-refractivity contribution in [1.29, 1.82) is 0 Å². The molecular formula is C8H12N2O2S. The maximum Gasteiger partial charge on any atom is 0.210 e.